The zero-order valence-corrected chi connectivity index (χ0v) is 13.0. The van der Waals surface area contributed by atoms with Gasteiger partial charge in [-0.1, -0.05) is 12.8 Å². The molecule has 1 aromatic heterocycles. The van der Waals surface area contributed by atoms with Crippen molar-refractivity contribution in [2.24, 2.45) is 0 Å². The molecular formula is C15H24N2O2S. The molecule has 2 fully saturated rings. The third-order valence-electron chi connectivity index (χ3n) is 4.80. The Bertz CT molecular complexity index is 437. The van der Waals surface area contributed by atoms with Crippen molar-refractivity contribution in [3.05, 3.63) is 16.1 Å². The molecule has 0 radical (unpaired) electrons. The van der Waals surface area contributed by atoms with Gasteiger partial charge in [0, 0.05) is 30.4 Å². The van der Waals surface area contributed by atoms with E-state index in [1.807, 2.05) is 6.92 Å². The number of aliphatic hydroxyl groups is 1. The number of nitrogens with zero attached hydrogens (tertiary/aromatic N) is 2. The lowest BCUT2D eigenvalue weighted by molar-refractivity contribution is -0.0755. The van der Waals surface area contributed by atoms with Crippen LogP contribution in [0.2, 0.25) is 0 Å². The fourth-order valence-corrected chi connectivity index (χ4v) is 4.37. The molecule has 1 aliphatic carbocycles. The second-order valence-corrected chi connectivity index (χ2v) is 7.05. The maximum atomic E-state index is 10.9. The summed E-state index contributed by atoms with van der Waals surface area (Å²) < 4.78 is 5.47. The summed E-state index contributed by atoms with van der Waals surface area (Å²) in [6, 6.07) is 0. The Morgan fingerprint density at radius 1 is 1.40 bits per heavy atom. The Morgan fingerprint density at radius 2 is 2.10 bits per heavy atom. The average molecular weight is 296 g/mol. The second kappa shape index (κ2) is 6.10. The summed E-state index contributed by atoms with van der Waals surface area (Å²) in [7, 11) is 0. The van der Waals surface area contributed by atoms with Gasteiger partial charge in [0.2, 0.25) is 0 Å². The molecule has 3 rings (SSSR count). The molecule has 0 amide bonds. The summed E-state index contributed by atoms with van der Waals surface area (Å²) in [6.07, 6.45) is 5.04. The number of hydrogen-bond donors (Lipinski definition) is 1. The second-order valence-electron chi connectivity index (χ2n) is 5.99. The fraction of sp³-hybridized carbons (Fsp3) is 0.800. The summed E-state index contributed by atoms with van der Waals surface area (Å²) in [5.41, 5.74) is 1.00. The lowest BCUT2D eigenvalue weighted by Gasteiger charge is -2.46. The van der Waals surface area contributed by atoms with Crippen LogP contribution in [-0.2, 0) is 11.2 Å². The molecule has 2 aliphatic rings. The lowest BCUT2D eigenvalue weighted by atomic mass is 9.85. The van der Waals surface area contributed by atoms with Gasteiger partial charge in [-0.3, -0.25) is 4.90 Å². The number of aliphatic hydroxyl groups excluding tert-OH is 1. The van der Waals surface area contributed by atoms with Gasteiger partial charge < -0.3 is 9.84 Å². The molecule has 1 unspecified atom stereocenters. The van der Waals surface area contributed by atoms with Gasteiger partial charge in [0.15, 0.2) is 0 Å². The molecule has 20 heavy (non-hydrogen) atoms. The average Bonchev–Trinajstić information content (AvgIpc) is 3.10. The molecule has 1 saturated carbocycles. The first-order valence-corrected chi connectivity index (χ1v) is 8.50. The smallest absolute Gasteiger partial charge is 0.0897 e. The third-order valence-corrected chi connectivity index (χ3v) is 5.62. The Hall–Kier alpha value is -0.490. The van der Waals surface area contributed by atoms with Crippen molar-refractivity contribution in [1.29, 1.82) is 0 Å². The van der Waals surface area contributed by atoms with Crippen LogP contribution >= 0.6 is 11.3 Å². The number of thiazole rings is 1. The van der Waals surface area contributed by atoms with E-state index < -0.39 is 0 Å². The van der Waals surface area contributed by atoms with Crippen LogP contribution in [-0.4, -0.2) is 52.9 Å². The maximum Gasteiger partial charge on any atom is 0.0897 e. The molecule has 1 aliphatic heterocycles. The van der Waals surface area contributed by atoms with Crippen molar-refractivity contribution in [2.45, 2.75) is 50.7 Å². The summed E-state index contributed by atoms with van der Waals surface area (Å²) in [6.45, 7) is 5.52. The summed E-state index contributed by atoms with van der Waals surface area (Å²) in [5, 5.41) is 14.1. The predicted octanol–water partition coefficient (Wildman–Crippen LogP) is 2.00. The van der Waals surface area contributed by atoms with Crippen LogP contribution in [0.5, 0.6) is 0 Å². The van der Waals surface area contributed by atoms with Crippen LogP contribution in [0.25, 0.3) is 0 Å². The van der Waals surface area contributed by atoms with E-state index >= 15 is 0 Å². The van der Waals surface area contributed by atoms with Gasteiger partial charge in [0.05, 0.1) is 30.0 Å². The SMILES string of the molecule is Cc1nc(CC(O)C2(N3CCOCC3)CCCC2)cs1. The molecule has 1 atom stereocenters. The highest BCUT2D eigenvalue weighted by atomic mass is 32.1. The van der Waals surface area contributed by atoms with Gasteiger partial charge in [-0.25, -0.2) is 4.98 Å². The third kappa shape index (κ3) is 2.77. The van der Waals surface area contributed by atoms with E-state index in [1.165, 1.54) is 12.8 Å². The standard InChI is InChI=1S/C15H24N2O2S/c1-12-16-13(11-20-12)10-14(18)15(4-2-3-5-15)17-6-8-19-9-7-17/h11,14,18H,2-10H2,1H3. The Balaban J connectivity index is 1.75. The molecule has 1 aromatic rings. The predicted molar refractivity (Wildman–Crippen MR) is 80.2 cm³/mol. The van der Waals surface area contributed by atoms with Gasteiger partial charge in [-0.15, -0.1) is 11.3 Å². The molecule has 2 heterocycles. The number of morpholine rings is 1. The van der Waals surface area contributed by atoms with Crippen LogP contribution in [0.3, 0.4) is 0 Å². The van der Waals surface area contributed by atoms with E-state index in [2.05, 4.69) is 15.3 Å². The van der Waals surface area contributed by atoms with Crippen molar-refractivity contribution in [1.82, 2.24) is 9.88 Å². The first-order valence-electron chi connectivity index (χ1n) is 7.62. The van der Waals surface area contributed by atoms with E-state index in [0.29, 0.717) is 6.42 Å². The maximum absolute atomic E-state index is 10.9. The molecule has 1 saturated heterocycles. The van der Waals surface area contributed by atoms with Crippen molar-refractivity contribution < 1.29 is 9.84 Å². The monoisotopic (exact) mass is 296 g/mol. The van der Waals surface area contributed by atoms with E-state index in [9.17, 15) is 5.11 Å². The molecule has 5 heteroatoms. The number of hydrogen-bond acceptors (Lipinski definition) is 5. The van der Waals surface area contributed by atoms with Gasteiger partial charge in [-0.05, 0) is 19.8 Å². The van der Waals surface area contributed by atoms with Crippen molar-refractivity contribution in [3.63, 3.8) is 0 Å². The van der Waals surface area contributed by atoms with Crippen LogP contribution in [0, 0.1) is 6.92 Å². The first kappa shape index (κ1) is 14.4. The topological polar surface area (TPSA) is 45.6 Å². The van der Waals surface area contributed by atoms with Crippen molar-refractivity contribution in [2.75, 3.05) is 26.3 Å². The lowest BCUT2D eigenvalue weighted by Crippen LogP contribution is -2.59. The van der Waals surface area contributed by atoms with Crippen molar-refractivity contribution in [3.8, 4) is 0 Å². The zero-order chi connectivity index (χ0) is 14.0. The van der Waals surface area contributed by atoms with E-state index in [-0.39, 0.29) is 11.6 Å². The fourth-order valence-electron chi connectivity index (χ4n) is 3.75. The molecular weight excluding hydrogens is 272 g/mol. The molecule has 112 valence electrons. The van der Waals surface area contributed by atoms with E-state index in [0.717, 1.165) is 49.8 Å². The largest absolute Gasteiger partial charge is 0.391 e. The molecule has 0 aromatic carbocycles. The molecule has 1 N–H and O–H groups in total. The van der Waals surface area contributed by atoms with Crippen LogP contribution in [0.15, 0.2) is 5.38 Å². The van der Waals surface area contributed by atoms with Gasteiger partial charge in [-0.2, -0.15) is 0 Å². The minimum Gasteiger partial charge on any atom is -0.391 e. The quantitative estimate of drug-likeness (QED) is 0.923. The summed E-state index contributed by atoms with van der Waals surface area (Å²) in [5.74, 6) is 0. The summed E-state index contributed by atoms with van der Waals surface area (Å²) >= 11 is 1.67. The van der Waals surface area contributed by atoms with E-state index in [4.69, 9.17) is 4.74 Å². The number of aromatic nitrogens is 1. The highest BCUT2D eigenvalue weighted by Gasteiger charge is 2.45. The highest BCUT2D eigenvalue weighted by Crippen LogP contribution is 2.39. The molecule has 0 bridgehead atoms. The normalized spacial score (nSPS) is 24.9. The zero-order valence-electron chi connectivity index (χ0n) is 12.2. The number of ether oxygens (including phenoxy) is 1. The van der Waals surface area contributed by atoms with Gasteiger partial charge in [0.1, 0.15) is 0 Å². The van der Waals surface area contributed by atoms with E-state index in [1.54, 1.807) is 11.3 Å². The number of aryl methyl sites for hydroxylation is 1. The van der Waals surface area contributed by atoms with Crippen LogP contribution in [0.1, 0.15) is 36.4 Å². The highest BCUT2D eigenvalue weighted by molar-refractivity contribution is 7.09. The van der Waals surface area contributed by atoms with Gasteiger partial charge >= 0.3 is 0 Å². The van der Waals surface area contributed by atoms with Crippen molar-refractivity contribution >= 4 is 11.3 Å². The van der Waals surface area contributed by atoms with Crippen LogP contribution < -0.4 is 0 Å². The Morgan fingerprint density at radius 3 is 2.70 bits per heavy atom. The first-order chi connectivity index (χ1) is 9.71. The number of rotatable bonds is 4. The Labute approximate surface area is 124 Å². The van der Waals surface area contributed by atoms with Gasteiger partial charge in [0.25, 0.3) is 0 Å². The minimum atomic E-state index is -0.315. The molecule has 4 nitrogen and oxygen atoms in total. The Kier molecular flexibility index (Phi) is 4.40. The molecule has 0 spiro atoms. The minimum absolute atomic E-state index is 0.0404. The van der Waals surface area contributed by atoms with Crippen LogP contribution in [0.4, 0.5) is 0 Å². The summed E-state index contributed by atoms with van der Waals surface area (Å²) in [4.78, 5) is 6.99.